The molecule has 0 bridgehead atoms. The number of nitriles is 1. The van der Waals surface area contributed by atoms with Crippen LogP contribution in [-0.4, -0.2) is 5.54 Å². The highest BCUT2D eigenvalue weighted by Crippen LogP contribution is 2.36. The molecule has 2 atom stereocenters. The highest BCUT2D eigenvalue weighted by atomic mass is 19.1. The number of nitrogens with one attached hydrogen (secondary N) is 1. The molecular weight excluding hydrogens is 203 g/mol. The predicted octanol–water partition coefficient (Wildman–Crippen LogP) is 3.32. The van der Waals surface area contributed by atoms with Crippen LogP contribution in [0.25, 0.3) is 0 Å². The number of hydrogen-bond donors (Lipinski definition) is 1. The molecule has 0 amide bonds. The van der Waals surface area contributed by atoms with Crippen molar-refractivity contribution in [3.8, 4) is 6.07 Å². The van der Waals surface area contributed by atoms with Gasteiger partial charge in [0.25, 0.3) is 0 Å². The summed E-state index contributed by atoms with van der Waals surface area (Å²) in [6.45, 7) is 2.15. The Balaban J connectivity index is 2.17. The van der Waals surface area contributed by atoms with E-state index in [2.05, 4.69) is 18.3 Å². The fraction of sp³-hybridized carbons (Fsp3) is 0.462. The fourth-order valence-corrected chi connectivity index (χ4v) is 2.38. The van der Waals surface area contributed by atoms with Crippen molar-refractivity contribution in [2.45, 2.75) is 31.7 Å². The van der Waals surface area contributed by atoms with Crippen molar-refractivity contribution in [1.29, 1.82) is 5.26 Å². The summed E-state index contributed by atoms with van der Waals surface area (Å²) in [4.78, 5) is 0. The number of hydrogen-bond acceptors (Lipinski definition) is 2. The summed E-state index contributed by atoms with van der Waals surface area (Å²) in [5.74, 6) is 0.282. The van der Waals surface area contributed by atoms with Gasteiger partial charge in [-0.15, -0.1) is 0 Å². The van der Waals surface area contributed by atoms with E-state index in [-0.39, 0.29) is 5.82 Å². The normalized spacial score (nSPS) is 28.7. The monoisotopic (exact) mass is 218 g/mol. The van der Waals surface area contributed by atoms with Crippen LogP contribution >= 0.6 is 0 Å². The molecule has 1 aromatic rings. The van der Waals surface area contributed by atoms with E-state index in [1.165, 1.54) is 12.1 Å². The third kappa shape index (κ3) is 2.16. The van der Waals surface area contributed by atoms with Crippen molar-refractivity contribution >= 4 is 5.69 Å². The third-order valence-electron chi connectivity index (χ3n) is 3.18. The first kappa shape index (κ1) is 10.9. The van der Waals surface area contributed by atoms with Gasteiger partial charge in [-0.05, 0) is 43.4 Å². The predicted molar refractivity (Wildman–Crippen MR) is 61.4 cm³/mol. The molecule has 1 aliphatic carbocycles. The molecule has 2 rings (SSSR count). The molecule has 2 unspecified atom stereocenters. The smallest absolute Gasteiger partial charge is 0.125 e. The molecule has 84 valence electrons. The van der Waals surface area contributed by atoms with Gasteiger partial charge in [0, 0.05) is 5.69 Å². The minimum absolute atomic E-state index is 0.274. The van der Waals surface area contributed by atoms with E-state index >= 15 is 0 Å². The van der Waals surface area contributed by atoms with E-state index in [0.717, 1.165) is 19.3 Å². The van der Waals surface area contributed by atoms with Crippen LogP contribution in [0.3, 0.4) is 0 Å². The Hall–Kier alpha value is -1.56. The summed E-state index contributed by atoms with van der Waals surface area (Å²) in [6.07, 6.45) is 2.72. The van der Waals surface area contributed by atoms with E-state index in [1.54, 1.807) is 12.1 Å². The average molecular weight is 218 g/mol. The van der Waals surface area contributed by atoms with E-state index < -0.39 is 5.54 Å². The van der Waals surface area contributed by atoms with E-state index in [0.29, 0.717) is 11.6 Å². The van der Waals surface area contributed by atoms with Gasteiger partial charge in [-0.2, -0.15) is 5.26 Å². The average Bonchev–Trinajstić information content (AvgIpc) is 2.61. The van der Waals surface area contributed by atoms with Crippen LogP contribution in [0.5, 0.6) is 0 Å². The summed E-state index contributed by atoms with van der Waals surface area (Å²) >= 11 is 0. The molecule has 0 aromatic heterocycles. The van der Waals surface area contributed by atoms with Gasteiger partial charge in [0.2, 0.25) is 0 Å². The standard InChI is InChI=1S/C13H15FN2/c1-10-5-6-13(8-10,9-15)16-12-4-2-3-11(14)7-12/h2-4,7,10,16H,5-6,8H2,1H3. The second-order valence-electron chi connectivity index (χ2n) is 4.68. The zero-order chi connectivity index (χ0) is 11.6. The molecule has 0 spiro atoms. The molecule has 1 aromatic carbocycles. The Morgan fingerprint density at radius 3 is 2.94 bits per heavy atom. The van der Waals surface area contributed by atoms with E-state index in [9.17, 15) is 9.65 Å². The van der Waals surface area contributed by atoms with Gasteiger partial charge in [0.1, 0.15) is 11.4 Å². The van der Waals surface area contributed by atoms with Crippen LogP contribution in [-0.2, 0) is 0 Å². The van der Waals surface area contributed by atoms with Crippen LogP contribution in [0.1, 0.15) is 26.2 Å². The third-order valence-corrected chi connectivity index (χ3v) is 3.18. The Kier molecular flexibility index (Phi) is 2.82. The first-order valence-corrected chi connectivity index (χ1v) is 5.58. The number of nitrogens with zero attached hydrogens (tertiary/aromatic N) is 1. The molecule has 0 radical (unpaired) electrons. The summed E-state index contributed by atoms with van der Waals surface area (Å²) in [5, 5.41) is 12.4. The summed E-state index contributed by atoms with van der Waals surface area (Å²) in [5.41, 5.74) is 0.184. The van der Waals surface area contributed by atoms with Gasteiger partial charge in [0.05, 0.1) is 6.07 Å². The molecular formula is C13H15FN2. The molecule has 16 heavy (non-hydrogen) atoms. The van der Waals surface area contributed by atoms with Gasteiger partial charge >= 0.3 is 0 Å². The Bertz CT molecular complexity index is 424. The molecule has 0 aliphatic heterocycles. The maximum Gasteiger partial charge on any atom is 0.125 e. The van der Waals surface area contributed by atoms with Crippen molar-refractivity contribution in [2.24, 2.45) is 5.92 Å². The summed E-state index contributed by atoms with van der Waals surface area (Å²) < 4.78 is 13.0. The molecule has 0 saturated heterocycles. The lowest BCUT2D eigenvalue weighted by Crippen LogP contribution is -2.33. The molecule has 0 heterocycles. The maximum atomic E-state index is 13.0. The van der Waals surface area contributed by atoms with Crippen LogP contribution in [0.15, 0.2) is 24.3 Å². The van der Waals surface area contributed by atoms with Crippen LogP contribution in [0.2, 0.25) is 0 Å². The molecule has 1 aliphatic rings. The number of rotatable bonds is 2. The van der Waals surface area contributed by atoms with E-state index in [1.807, 2.05) is 0 Å². The molecule has 1 fully saturated rings. The maximum absolute atomic E-state index is 13.0. The largest absolute Gasteiger partial charge is 0.367 e. The zero-order valence-electron chi connectivity index (χ0n) is 9.33. The topological polar surface area (TPSA) is 35.8 Å². The van der Waals surface area contributed by atoms with Gasteiger partial charge in [-0.1, -0.05) is 13.0 Å². The van der Waals surface area contributed by atoms with Crippen LogP contribution in [0, 0.1) is 23.1 Å². The minimum atomic E-state index is -0.507. The Morgan fingerprint density at radius 2 is 2.38 bits per heavy atom. The summed E-state index contributed by atoms with van der Waals surface area (Å²) in [7, 11) is 0. The van der Waals surface area contributed by atoms with Crippen LogP contribution < -0.4 is 5.32 Å². The quantitative estimate of drug-likeness (QED) is 0.826. The summed E-state index contributed by atoms with van der Waals surface area (Å²) in [6, 6.07) is 8.63. The lowest BCUT2D eigenvalue weighted by molar-refractivity contribution is 0.557. The van der Waals surface area contributed by atoms with E-state index in [4.69, 9.17) is 0 Å². The second kappa shape index (κ2) is 4.13. The first-order chi connectivity index (χ1) is 7.63. The number of anilines is 1. The highest BCUT2D eigenvalue weighted by molar-refractivity contribution is 5.48. The molecule has 3 heteroatoms. The van der Waals surface area contributed by atoms with Gasteiger partial charge in [-0.25, -0.2) is 4.39 Å². The first-order valence-electron chi connectivity index (χ1n) is 5.58. The Morgan fingerprint density at radius 1 is 1.56 bits per heavy atom. The van der Waals surface area contributed by atoms with Crippen molar-refractivity contribution in [3.05, 3.63) is 30.1 Å². The van der Waals surface area contributed by atoms with Crippen LogP contribution in [0.4, 0.5) is 10.1 Å². The number of benzene rings is 1. The van der Waals surface area contributed by atoms with Gasteiger partial charge < -0.3 is 5.32 Å². The lowest BCUT2D eigenvalue weighted by atomic mass is 9.97. The minimum Gasteiger partial charge on any atom is -0.367 e. The lowest BCUT2D eigenvalue weighted by Gasteiger charge is -2.23. The number of halogens is 1. The Labute approximate surface area is 95.1 Å². The van der Waals surface area contributed by atoms with Crippen molar-refractivity contribution in [1.82, 2.24) is 0 Å². The molecule has 2 nitrogen and oxygen atoms in total. The zero-order valence-corrected chi connectivity index (χ0v) is 9.33. The highest BCUT2D eigenvalue weighted by Gasteiger charge is 2.37. The van der Waals surface area contributed by atoms with Gasteiger partial charge in [-0.3, -0.25) is 0 Å². The van der Waals surface area contributed by atoms with Crippen molar-refractivity contribution < 1.29 is 4.39 Å². The SMILES string of the molecule is CC1CCC(C#N)(Nc2cccc(F)c2)C1. The molecule has 1 saturated carbocycles. The van der Waals surface area contributed by atoms with Crippen molar-refractivity contribution in [3.63, 3.8) is 0 Å². The second-order valence-corrected chi connectivity index (χ2v) is 4.68. The fourth-order valence-electron chi connectivity index (χ4n) is 2.38. The molecule has 1 N–H and O–H groups in total. The van der Waals surface area contributed by atoms with Gasteiger partial charge in [0.15, 0.2) is 0 Å². The van der Waals surface area contributed by atoms with Crippen molar-refractivity contribution in [2.75, 3.05) is 5.32 Å².